The van der Waals surface area contributed by atoms with E-state index in [1.165, 1.54) is 24.3 Å². The van der Waals surface area contributed by atoms with Crippen molar-refractivity contribution in [3.05, 3.63) is 35.9 Å². The number of rotatable bonds is 3. The Hall–Kier alpha value is -1.13. The zero-order valence-electron chi connectivity index (χ0n) is 7.98. The highest BCUT2D eigenvalue weighted by Gasteiger charge is 2.05. The van der Waals surface area contributed by atoms with Gasteiger partial charge in [-0.05, 0) is 35.4 Å². The van der Waals surface area contributed by atoms with Crippen LogP contribution < -0.4 is 0 Å². The van der Waals surface area contributed by atoms with Crippen molar-refractivity contribution in [3.8, 4) is 0 Å². The number of carbonyl (C=O) groups is 1. The van der Waals surface area contributed by atoms with E-state index in [2.05, 4.69) is 0 Å². The monoisotopic (exact) mass is 244 g/mol. The van der Waals surface area contributed by atoms with Crippen molar-refractivity contribution in [1.29, 1.82) is 0 Å². The number of benzene rings is 1. The molecule has 0 aromatic heterocycles. The Morgan fingerprint density at radius 1 is 1.40 bits per heavy atom. The summed E-state index contributed by atoms with van der Waals surface area (Å²) in [4.78, 5) is 10.7. The Morgan fingerprint density at radius 3 is 2.60 bits per heavy atom. The lowest BCUT2D eigenvalue weighted by Crippen LogP contribution is -1.96. The Kier molecular flexibility index (Phi) is 3.66. The van der Waals surface area contributed by atoms with E-state index in [0.717, 1.165) is 6.26 Å². The van der Waals surface area contributed by atoms with Crippen molar-refractivity contribution < 1.29 is 13.2 Å². The fourth-order valence-electron chi connectivity index (χ4n) is 1.01. The Labute approximate surface area is 93.3 Å². The molecule has 0 atom stereocenters. The van der Waals surface area contributed by atoms with E-state index in [9.17, 15) is 13.2 Å². The van der Waals surface area contributed by atoms with Crippen molar-refractivity contribution in [1.82, 2.24) is 0 Å². The van der Waals surface area contributed by atoms with Gasteiger partial charge in [0.05, 0.1) is 4.90 Å². The van der Waals surface area contributed by atoms with Gasteiger partial charge in [0.25, 0.3) is 0 Å². The molecule has 0 unspecified atom stereocenters. The lowest BCUT2D eigenvalue weighted by Gasteiger charge is -1.98. The van der Waals surface area contributed by atoms with Crippen molar-refractivity contribution >= 4 is 32.8 Å². The van der Waals surface area contributed by atoms with Gasteiger partial charge in [-0.1, -0.05) is 18.2 Å². The zero-order chi connectivity index (χ0) is 11.5. The number of halogens is 1. The summed E-state index contributed by atoms with van der Waals surface area (Å²) in [5.74, 6) is 0. The van der Waals surface area contributed by atoms with E-state index < -0.39 is 15.1 Å². The summed E-state index contributed by atoms with van der Waals surface area (Å²) >= 11 is 5.11. The second-order valence-corrected chi connectivity index (χ2v) is 5.37. The van der Waals surface area contributed by atoms with E-state index in [-0.39, 0.29) is 4.90 Å². The van der Waals surface area contributed by atoms with Gasteiger partial charge in [-0.15, -0.1) is 0 Å². The number of allylic oxidation sites excluding steroid dienone is 1. The van der Waals surface area contributed by atoms with Gasteiger partial charge in [0.1, 0.15) is 0 Å². The summed E-state index contributed by atoms with van der Waals surface area (Å²) in [5, 5.41) is -0.597. The van der Waals surface area contributed by atoms with Crippen LogP contribution in [0.25, 0.3) is 6.08 Å². The molecule has 0 radical (unpaired) electrons. The minimum Gasteiger partial charge on any atom is -0.276 e. The molecule has 0 aliphatic rings. The van der Waals surface area contributed by atoms with Gasteiger partial charge in [-0.3, -0.25) is 4.79 Å². The fourth-order valence-corrected chi connectivity index (χ4v) is 1.75. The molecule has 1 rings (SSSR count). The van der Waals surface area contributed by atoms with Crippen LogP contribution in [-0.2, 0) is 14.6 Å². The molecule has 0 bridgehead atoms. The Bertz CT molecular complexity index is 503. The predicted octanol–water partition coefficient (Wildman–Crippen LogP) is 1.87. The second-order valence-electron chi connectivity index (χ2n) is 2.98. The molecular weight excluding hydrogens is 236 g/mol. The molecule has 0 spiro atoms. The van der Waals surface area contributed by atoms with E-state index >= 15 is 0 Å². The average Bonchev–Trinajstić information content (AvgIpc) is 2.14. The molecule has 5 heteroatoms. The topological polar surface area (TPSA) is 51.2 Å². The first kappa shape index (κ1) is 11.9. The predicted molar refractivity (Wildman–Crippen MR) is 59.4 cm³/mol. The first-order valence-corrected chi connectivity index (χ1v) is 6.34. The normalized spacial score (nSPS) is 11.9. The summed E-state index contributed by atoms with van der Waals surface area (Å²) < 4.78 is 22.4. The summed E-state index contributed by atoms with van der Waals surface area (Å²) in [6.45, 7) is 0. The molecule has 1 aromatic carbocycles. The van der Waals surface area contributed by atoms with Crippen LogP contribution in [0.5, 0.6) is 0 Å². The van der Waals surface area contributed by atoms with E-state index in [0.29, 0.717) is 5.56 Å². The summed E-state index contributed by atoms with van der Waals surface area (Å²) in [7, 11) is -3.22. The number of hydrogen-bond donors (Lipinski definition) is 0. The third-order valence-corrected chi connectivity index (χ3v) is 2.93. The first-order valence-electron chi connectivity index (χ1n) is 4.07. The van der Waals surface area contributed by atoms with Crippen LogP contribution in [0.1, 0.15) is 5.56 Å². The van der Waals surface area contributed by atoms with Gasteiger partial charge in [0.2, 0.25) is 5.24 Å². The number of hydrogen-bond acceptors (Lipinski definition) is 3. The minimum absolute atomic E-state index is 0.215. The highest BCUT2D eigenvalue weighted by Crippen LogP contribution is 2.12. The molecule has 0 N–H and O–H groups in total. The van der Waals surface area contributed by atoms with Crippen LogP contribution in [0.15, 0.2) is 35.2 Å². The van der Waals surface area contributed by atoms with Crippen molar-refractivity contribution in [3.63, 3.8) is 0 Å². The van der Waals surface area contributed by atoms with Gasteiger partial charge in [0, 0.05) is 6.26 Å². The van der Waals surface area contributed by atoms with Crippen molar-refractivity contribution in [2.24, 2.45) is 0 Å². The smallest absolute Gasteiger partial charge is 0.245 e. The van der Waals surface area contributed by atoms with Crippen LogP contribution in [0.3, 0.4) is 0 Å². The average molecular weight is 245 g/mol. The molecular formula is C10H9ClO3S. The Balaban J connectivity index is 3.09. The number of sulfone groups is 1. The first-order chi connectivity index (χ1) is 6.89. The molecule has 0 saturated carbocycles. The molecule has 15 heavy (non-hydrogen) atoms. The van der Waals surface area contributed by atoms with Gasteiger partial charge in [-0.2, -0.15) is 0 Å². The highest BCUT2D eigenvalue weighted by atomic mass is 35.5. The van der Waals surface area contributed by atoms with E-state index in [1.54, 1.807) is 12.1 Å². The molecule has 0 heterocycles. The quantitative estimate of drug-likeness (QED) is 0.603. The maximum atomic E-state index is 11.2. The summed E-state index contributed by atoms with van der Waals surface area (Å²) in [6, 6.07) is 6.26. The largest absolute Gasteiger partial charge is 0.276 e. The Morgan fingerprint density at radius 2 is 2.07 bits per heavy atom. The standard InChI is InChI=1S/C10H9ClO3S/c1-15(13,14)9-4-2-3-8(7-9)5-6-10(11)12/h2-7H,1H3/b6-5+. The zero-order valence-corrected chi connectivity index (χ0v) is 9.55. The lowest BCUT2D eigenvalue weighted by molar-refractivity contribution is -0.107. The molecule has 0 fully saturated rings. The summed E-state index contributed by atoms with van der Waals surface area (Å²) in [6.07, 6.45) is 3.76. The minimum atomic E-state index is -3.22. The molecule has 0 saturated heterocycles. The third kappa shape index (κ3) is 3.85. The SMILES string of the molecule is CS(=O)(=O)c1cccc(/C=C/C(=O)Cl)c1. The third-order valence-electron chi connectivity index (χ3n) is 1.69. The molecule has 0 amide bonds. The lowest BCUT2D eigenvalue weighted by atomic mass is 10.2. The van der Waals surface area contributed by atoms with Gasteiger partial charge >= 0.3 is 0 Å². The van der Waals surface area contributed by atoms with Crippen LogP contribution >= 0.6 is 11.6 Å². The molecule has 3 nitrogen and oxygen atoms in total. The molecule has 80 valence electrons. The van der Waals surface area contributed by atoms with Crippen LogP contribution in [0.2, 0.25) is 0 Å². The van der Waals surface area contributed by atoms with Gasteiger partial charge in [-0.25, -0.2) is 8.42 Å². The van der Waals surface area contributed by atoms with Crippen LogP contribution in [0.4, 0.5) is 0 Å². The van der Waals surface area contributed by atoms with E-state index in [4.69, 9.17) is 11.6 Å². The maximum absolute atomic E-state index is 11.2. The summed E-state index contributed by atoms with van der Waals surface area (Å²) in [5.41, 5.74) is 0.618. The molecule has 0 aliphatic heterocycles. The molecule has 0 aliphatic carbocycles. The van der Waals surface area contributed by atoms with Crippen molar-refractivity contribution in [2.45, 2.75) is 4.90 Å². The van der Waals surface area contributed by atoms with Gasteiger partial charge < -0.3 is 0 Å². The molecule has 1 aromatic rings. The maximum Gasteiger partial charge on any atom is 0.245 e. The van der Waals surface area contributed by atoms with Crippen molar-refractivity contribution in [2.75, 3.05) is 6.26 Å². The highest BCUT2D eigenvalue weighted by molar-refractivity contribution is 7.90. The fraction of sp³-hybridized carbons (Fsp3) is 0.100. The van der Waals surface area contributed by atoms with Crippen LogP contribution in [0, 0.1) is 0 Å². The van der Waals surface area contributed by atoms with Gasteiger partial charge in [0.15, 0.2) is 9.84 Å². The number of carbonyl (C=O) groups excluding carboxylic acids is 1. The van der Waals surface area contributed by atoms with E-state index in [1.807, 2.05) is 0 Å². The van der Waals surface area contributed by atoms with Crippen LogP contribution in [-0.4, -0.2) is 19.9 Å². The second kappa shape index (κ2) is 4.59.